The first-order chi connectivity index (χ1) is 15.2. The van der Waals surface area contributed by atoms with E-state index in [0.717, 1.165) is 27.7 Å². The fourth-order valence-corrected chi connectivity index (χ4v) is 3.90. The number of piperazine rings is 1. The fourth-order valence-electron chi connectivity index (χ4n) is 3.90. The zero-order valence-electron chi connectivity index (χ0n) is 16.8. The molecule has 2 aliphatic heterocycles. The second kappa shape index (κ2) is 7.98. The van der Waals surface area contributed by atoms with Crippen molar-refractivity contribution in [2.45, 2.75) is 0 Å². The Morgan fingerprint density at radius 1 is 0.968 bits per heavy atom. The van der Waals surface area contributed by atoms with Crippen LogP contribution in [0.5, 0.6) is 0 Å². The summed E-state index contributed by atoms with van der Waals surface area (Å²) in [6, 6.07) is 15.5. The van der Waals surface area contributed by atoms with E-state index < -0.39 is 5.97 Å². The van der Waals surface area contributed by atoms with Crippen molar-refractivity contribution in [3.05, 3.63) is 72.3 Å². The van der Waals surface area contributed by atoms with Gasteiger partial charge in [-0.2, -0.15) is 0 Å². The number of furan rings is 1. The Bertz CT molecular complexity index is 1200. The Kier molecular flexibility index (Phi) is 4.87. The minimum absolute atomic E-state index is 0.299. The van der Waals surface area contributed by atoms with Crippen molar-refractivity contribution < 1.29 is 13.9 Å². The average molecular weight is 415 g/mol. The van der Waals surface area contributed by atoms with Gasteiger partial charge in [-0.3, -0.25) is 0 Å². The molecule has 0 atom stereocenters. The largest absolute Gasteiger partial charge is 0.471 e. The molecule has 31 heavy (non-hydrogen) atoms. The highest BCUT2D eigenvalue weighted by Gasteiger charge is 2.29. The van der Waals surface area contributed by atoms with Crippen molar-refractivity contribution in [3.63, 3.8) is 0 Å². The van der Waals surface area contributed by atoms with E-state index in [9.17, 15) is 4.79 Å². The molecule has 8 nitrogen and oxygen atoms in total. The standard InChI is InChI=1S/C23H21N5O3/c24-23(26-17-6-2-1-3-7-17)28-11-9-27(10-12-28)21(20-22(29)31-15-25-20)18-8-4-5-16-13-30-14-19(16)18/h1-8,13-15H,9-12H2,(H2,24,26)/b21-20-. The molecule has 0 radical (unpaired) electrons. The van der Waals surface area contributed by atoms with Crippen LogP contribution >= 0.6 is 0 Å². The van der Waals surface area contributed by atoms with E-state index in [1.54, 1.807) is 12.5 Å². The van der Waals surface area contributed by atoms with Gasteiger partial charge in [0.05, 0.1) is 23.9 Å². The summed E-state index contributed by atoms with van der Waals surface area (Å²) in [4.78, 5) is 25.3. The summed E-state index contributed by atoms with van der Waals surface area (Å²) >= 11 is 0. The number of benzene rings is 2. The van der Waals surface area contributed by atoms with Gasteiger partial charge in [0.1, 0.15) is 0 Å². The number of rotatable bonds is 3. The number of para-hydroxylation sites is 1. The smallest absolute Gasteiger partial charge is 0.365 e. The Morgan fingerprint density at radius 3 is 2.48 bits per heavy atom. The van der Waals surface area contributed by atoms with Gasteiger partial charge < -0.3 is 24.7 Å². The van der Waals surface area contributed by atoms with Gasteiger partial charge >= 0.3 is 5.97 Å². The number of nitrogens with zero attached hydrogens (tertiary/aromatic N) is 4. The lowest BCUT2D eigenvalue weighted by Crippen LogP contribution is -2.50. The predicted octanol–water partition coefficient (Wildman–Crippen LogP) is 2.95. The van der Waals surface area contributed by atoms with Crippen molar-refractivity contribution in [1.29, 1.82) is 0 Å². The maximum absolute atomic E-state index is 12.4. The van der Waals surface area contributed by atoms with E-state index in [1.165, 1.54) is 6.40 Å². The molecular weight excluding hydrogens is 394 g/mol. The summed E-state index contributed by atoms with van der Waals surface area (Å²) in [6.07, 6.45) is 4.57. The number of carbonyl (C=O) groups is 1. The summed E-state index contributed by atoms with van der Waals surface area (Å²) in [7, 11) is 0. The predicted molar refractivity (Wildman–Crippen MR) is 119 cm³/mol. The molecule has 2 N–H and O–H groups in total. The number of guanidine groups is 1. The molecule has 3 heterocycles. The average Bonchev–Trinajstić information content (AvgIpc) is 3.45. The molecule has 1 aromatic heterocycles. The SMILES string of the molecule is NC(=Nc1ccccc1)N1CCN(/C(=C2\N=COC2=O)c2cccc3cocc23)CC1. The van der Waals surface area contributed by atoms with Crippen LogP contribution in [-0.2, 0) is 9.53 Å². The summed E-state index contributed by atoms with van der Waals surface area (Å²) < 4.78 is 10.4. The number of hydrogen-bond donors (Lipinski definition) is 1. The van der Waals surface area contributed by atoms with Crippen molar-refractivity contribution >= 4 is 40.5 Å². The molecular formula is C23H21N5O3. The molecule has 2 aromatic carbocycles. The molecule has 3 aromatic rings. The van der Waals surface area contributed by atoms with Gasteiger partial charge in [0.25, 0.3) is 0 Å². The van der Waals surface area contributed by atoms with Gasteiger partial charge in [-0.1, -0.05) is 36.4 Å². The monoisotopic (exact) mass is 415 g/mol. The number of carbonyl (C=O) groups excluding carboxylic acids is 1. The lowest BCUT2D eigenvalue weighted by Gasteiger charge is -2.38. The minimum atomic E-state index is -0.455. The van der Waals surface area contributed by atoms with Gasteiger partial charge in [0, 0.05) is 42.5 Å². The second-order valence-electron chi connectivity index (χ2n) is 7.30. The summed E-state index contributed by atoms with van der Waals surface area (Å²) in [5.41, 5.74) is 9.00. The quantitative estimate of drug-likeness (QED) is 0.306. The van der Waals surface area contributed by atoms with E-state index in [4.69, 9.17) is 14.9 Å². The molecule has 8 heteroatoms. The number of fused-ring (bicyclic) bond motifs is 1. The highest BCUT2D eigenvalue weighted by molar-refractivity contribution is 6.06. The lowest BCUT2D eigenvalue weighted by molar-refractivity contribution is -0.129. The van der Waals surface area contributed by atoms with Gasteiger partial charge in [-0.25, -0.2) is 14.8 Å². The zero-order valence-corrected chi connectivity index (χ0v) is 16.8. The van der Waals surface area contributed by atoms with Crippen LogP contribution in [0.15, 0.2) is 81.2 Å². The van der Waals surface area contributed by atoms with Crippen LogP contribution in [0, 0.1) is 0 Å². The highest BCUT2D eigenvalue weighted by Crippen LogP contribution is 2.33. The molecule has 1 fully saturated rings. The van der Waals surface area contributed by atoms with E-state index in [-0.39, 0.29) is 0 Å². The van der Waals surface area contributed by atoms with Crippen LogP contribution in [-0.4, -0.2) is 54.3 Å². The van der Waals surface area contributed by atoms with Crippen molar-refractivity contribution in [2.24, 2.45) is 15.7 Å². The van der Waals surface area contributed by atoms with Crippen LogP contribution in [0.3, 0.4) is 0 Å². The third kappa shape index (κ3) is 3.63. The molecule has 0 aliphatic carbocycles. The van der Waals surface area contributed by atoms with Crippen molar-refractivity contribution in [1.82, 2.24) is 9.80 Å². The maximum atomic E-state index is 12.4. The van der Waals surface area contributed by atoms with Crippen LogP contribution < -0.4 is 5.73 Å². The molecule has 0 saturated carbocycles. The zero-order chi connectivity index (χ0) is 21.2. The van der Waals surface area contributed by atoms with E-state index >= 15 is 0 Å². The minimum Gasteiger partial charge on any atom is -0.471 e. The first-order valence-corrected chi connectivity index (χ1v) is 10.0. The summed E-state index contributed by atoms with van der Waals surface area (Å²) in [5, 5.41) is 1.89. The third-order valence-electron chi connectivity index (χ3n) is 5.45. The Balaban J connectivity index is 1.44. The fraction of sp³-hybridized carbons (Fsp3) is 0.174. The molecule has 0 amide bonds. The van der Waals surface area contributed by atoms with Crippen LogP contribution in [0.2, 0.25) is 0 Å². The lowest BCUT2D eigenvalue weighted by atomic mass is 10.0. The maximum Gasteiger partial charge on any atom is 0.365 e. The van der Waals surface area contributed by atoms with E-state index in [0.29, 0.717) is 37.8 Å². The summed E-state index contributed by atoms with van der Waals surface area (Å²) in [6.45, 7) is 2.64. The van der Waals surface area contributed by atoms with Crippen LogP contribution in [0.4, 0.5) is 5.69 Å². The molecule has 2 aliphatic rings. The normalized spacial score (nSPS) is 18.6. The molecule has 0 unspecified atom stereocenters. The number of ether oxygens (including phenoxy) is 1. The third-order valence-corrected chi connectivity index (χ3v) is 5.45. The first-order valence-electron chi connectivity index (χ1n) is 10.0. The van der Waals surface area contributed by atoms with E-state index in [2.05, 4.69) is 14.9 Å². The number of cyclic esters (lactones) is 1. The summed E-state index contributed by atoms with van der Waals surface area (Å²) in [5.74, 6) is 0.0263. The Hall–Kier alpha value is -4.07. The van der Waals surface area contributed by atoms with Gasteiger partial charge in [0.15, 0.2) is 18.1 Å². The van der Waals surface area contributed by atoms with Gasteiger partial charge in [-0.05, 0) is 12.1 Å². The topological polar surface area (TPSA) is 96.7 Å². The Morgan fingerprint density at radius 2 is 1.74 bits per heavy atom. The van der Waals surface area contributed by atoms with Crippen LogP contribution in [0.1, 0.15) is 5.56 Å². The molecule has 5 rings (SSSR count). The van der Waals surface area contributed by atoms with Crippen molar-refractivity contribution in [2.75, 3.05) is 26.2 Å². The van der Waals surface area contributed by atoms with Crippen molar-refractivity contribution in [3.8, 4) is 0 Å². The molecule has 156 valence electrons. The van der Waals surface area contributed by atoms with Crippen LogP contribution in [0.25, 0.3) is 16.5 Å². The van der Waals surface area contributed by atoms with Gasteiger partial charge in [-0.15, -0.1) is 0 Å². The van der Waals surface area contributed by atoms with E-state index in [1.807, 2.05) is 53.4 Å². The molecule has 1 saturated heterocycles. The number of aliphatic imine (C=N–C) groups is 2. The first kappa shape index (κ1) is 18.9. The number of esters is 1. The van der Waals surface area contributed by atoms with Gasteiger partial charge in [0.2, 0.25) is 0 Å². The number of hydrogen-bond acceptors (Lipinski definition) is 6. The molecule has 0 bridgehead atoms. The number of nitrogens with two attached hydrogens (primary N) is 1. The molecule has 0 spiro atoms. The Labute approximate surface area is 178 Å². The second-order valence-corrected chi connectivity index (χ2v) is 7.30. The highest BCUT2D eigenvalue weighted by atomic mass is 16.5.